The number of hydrogen-bond acceptors (Lipinski definition) is 7. The van der Waals surface area contributed by atoms with E-state index >= 15 is 0 Å². The van der Waals surface area contributed by atoms with Crippen LogP contribution in [0.4, 0.5) is 24.5 Å². The fourth-order valence-electron chi connectivity index (χ4n) is 2.98. The Hall–Kier alpha value is -4.47. The maximum absolute atomic E-state index is 12.3. The number of ether oxygens (including phenoxy) is 3. The molecule has 0 spiro atoms. The Morgan fingerprint density at radius 3 is 2.22 bits per heavy atom. The highest BCUT2D eigenvalue weighted by Crippen LogP contribution is 2.20. The Balaban J connectivity index is 1.46. The van der Waals surface area contributed by atoms with Crippen molar-refractivity contribution in [2.75, 3.05) is 24.7 Å². The third-order valence-electron chi connectivity index (χ3n) is 4.78. The summed E-state index contributed by atoms with van der Waals surface area (Å²) in [5, 5.41) is 0. The van der Waals surface area contributed by atoms with Crippen molar-refractivity contribution in [1.29, 1.82) is 0 Å². The van der Waals surface area contributed by atoms with E-state index in [2.05, 4.69) is 4.74 Å². The molecule has 0 saturated carbocycles. The molecule has 188 valence electrons. The molecule has 0 bridgehead atoms. The number of esters is 2. The summed E-state index contributed by atoms with van der Waals surface area (Å²) in [5.41, 5.74) is 14.3. The first-order valence-electron chi connectivity index (χ1n) is 10.7. The second-order valence-corrected chi connectivity index (χ2v) is 7.60. The Bertz CT molecular complexity index is 1220. The molecule has 36 heavy (non-hydrogen) atoms. The van der Waals surface area contributed by atoms with E-state index in [0.717, 1.165) is 5.56 Å². The second-order valence-electron chi connectivity index (χ2n) is 7.60. The first-order valence-corrected chi connectivity index (χ1v) is 10.7. The zero-order valence-electron chi connectivity index (χ0n) is 19.0. The lowest BCUT2D eigenvalue weighted by Gasteiger charge is -2.09. The van der Waals surface area contributed by atoms with E-state index in [-0.39, 0.29) is 23.7 Å². The average Bonchev–Trinajstić information content (AvgIpc) is 2.84. The van der Waals surface area contributed by atoms with Gasteiger partial charge in [0.1, 0.15) is 11.5 Å². The van der Waals surface area contributed by atoms with Crippen LogP contribution in [0.1, 0.15) is 21.5 Å². The lowest BCUT2D eigenvalue weighted by molar-refractivity contribution is -0.153. The molecule has 0 fully saturated rings. The van der Waals surface area contributed by atoms with Crippen LogP contribution in [0.25, 0.3) is 6.08 Å². The number of halogens is 3. The number of anilines is 2. The Kier molecular flexibility index (Phi) is 8.56. The van der Waals surface area contributed by atoms with E-state index in [9.17, 15) is 22.8 Å². The molecule has 0 heterocycles. The van der Waals surface area contributed by atoms with Crippen LogP contribution in [0.2, 0.25) is 0 Å². The lowest BCUT2D eigenvalue weighted by atomic mass is 10.1. The Morgan fingerprint density at radius 2 is 1.56 bits per heavy atom. The van der Waals surface area contributed by atoms with Crippen LogP contribution in [-0.2, 0) is 16.0 Å². The van der Waals surface area contributed by atoms with Gasteiger partial charge in [-0.25, -0.2) is 9.59 Å². The number of hydrogen-bond donors (Lipinski definition) is 2. The molecule has 0 unspecified atom stereocenters. The number of benzene rings is 3. The Morgan fingerprint density at radius 1 is 0.889 bits per heavy atom. The molecule has 3 aromatic rings. The zero-order valence-corrected chi connectivity index (χ0v) is 19.0. The van der Waals surface area contributed by atoms with Crippen molar-refractivity contribution in [3.05, 3.63) is 89.5 Å². The molecule has 0 amide bonds. The van der Waals surface area contributed by atoms with E-state index in [0.29, 0.717) is 23.4 Å². The van der Waals surface area contributed by atoms with E-state index in [1.807, 2.05) is 0 Å². The molecular weight excluding hydrogens is 477 g/mol. The number of rotatable bonds is 9. The summed E-state index contributed by atoms with van der Waals surface area (Å²) < 4.78 is 51.6. The van der Waals surface area contributed by atoms with Crippen LogP contribution in [0.5, 0.6) is 11.5 Å². The first kappa shape index (κ1) is 26.1. The van der Waals surface area contributed by atoms with E-state index in [1.54, 1.807) is 36.4 Å². The van der Waals surface area contributed by atoms with Crippen molar-refractivity contribution in [3.63, 3.8) is 0 Å². The SMILES string of the molecule is Nc1ccc(N)c(CCOC(=O)C=Cc2ccc(OC(=O)c3ccc(OCC(F)(F)F)cc3)cc2)c1. The molecule has 0 aromatic heterocycles. The first-order chi connectivity index (χ1) is 17.1. The van der Waals surface area contributed by atoms with Gasteiger partial charge in [-0.15, -0.1) is 0 Å². The molecule has 0 aliphatic rings. The molecule has 3 rings (SSSR count). The number of nitrogen functional groups attached to an aromatic ring is 2. The molecule has 0 radical (unpaired) electrons. The standard InChI is InChI=1S/C26H23F3N2O5/c27-26(28,29)16-35-21-9-4-18(5-10-21)25(33)36-22-7-1-17(2-8-22)3-12-24(32)34-14-13-19-15-20(30)6-11-23(19)31/h1-12,15H,13-14,16,30-31H2. The molecule has 3 aromatic carbocycles. The summed E-state index contributed by atoms with van der Waals surface area (Å²) in [5.74, 6) is -0.995. The maximum Gasteiger partial charge on any atom is 0.422 e. The summed E-state index contributed by atoms with van der Waals surface area (Å²) in [6, 6.07) is 16.6. The van der Waals surface area contributed by atoms with Gasteiger partial charge >= 0.3 is 18.1 Å². The average molecular weight is 500 g/mol. The number of carbonyl (C=O) groups is 2. The number of nitrogens with two attached hydrogens (primary N) is 2. The highest BCUT2D eigenvalue weighted by molar-refractivity contribution is 5.91. The zero-order chi connectivity index (χ0) is 26.1. The Labute approximate surface area is 205 Å². The number of carbonyl (C=O) groups excluding carboxylic acids is 2. The largest absolute Gasteiger partial charge is 0.484 e. The fourth-order valence-corrected chi connectivity index (χ4v) is 2.98. The van der Waals surface area contributed by atoms with Crippen molar-refractivity contribution < 1.29 is 37.0 Å². The van der Waals surface area contributed by atoms with Crippen LogP contribution in [0.15, 0.2) is 72.8 Å². The molecule has 10 heteroatoms. The quantitative estimate of drug-likeness (QED) is 0.188. The third kappa shape index (κ3) is 8.39. The van der Waals surface area contributed by atoms with Crippen molar-refractivity contribution in [2.24, 2.45) is 0 Å². The summed E-state index contributed by atoms with van der Waals surface area (Å²) in [6.45, 7) is -1.28. The minimum atomic E-state index is -4.45. The molecule has 0 aliphatic heterocycles. The van der Waals surface area contributed by atoms with Gasteiger partial charge in [0.05, 0.1) is 12.2 Å². The van der Waals surface area contributed by atoms with Crippen molar-refractivity contribution in [3.8, 4) is 11.5 Å². The molecular formula is C26H23F3N2O5. The van der Waals surface area contributed by atoms with Gasteiger partial charge in [-0.3, -0.25) is 0 Å². The van der Waals surface area contributed by atoms with Gasteiger partial charge < -0.3 is 25.7 Å². The summed E-state index contributed by atoms with van der Waals surface area (Å²) in [7, 11) is 0. The van der Waals surface area contributed by atoms with E-state index in [4.69, 9.17) is 20.9 Å². The van der Waals surface area contributed by atoms with Crippen molar-refractivity contribution in [2.45, 2.75) is 12.6 Å². The van der Waals surface area contributed by atoms with Gasteiger partial charge in [0.15, 0.2) is 6.61 Å². The molecule has 0 saturated heterocycles. The molecule has 7 nitrogen and oxygen atoms in total. The van der Waals surface area contributed by atoms with Gasteiger partial charge in [-0.05, 0) is 71.8 Å². The normalized spacial score (nSPS) is 11.3. The smallest absolute Gasteiger partial charge is 0.422 e. The second kappa shape index (κ2) is 11.8. The summed E-state index contributed by atoms with van der Waals surface area (Å²) in [4.78, 5) is 24.2. The van der Waals surface area contributed by atoms with Gasteiger partial charge in [0.2, 0.25) is 0 Å². The minimum Gasteiger partial charge on any atom is -0.484 e. The van der Waals surface area contributed by atoms with Crippen LogP contribution in [0, 0.1) is 0 Å². The van der Waals surface area contributed by atoms with Crippen LogP contribution in [-0.4, -0.2) is 31.3 Å². The summed E-state index contributed by atoms with van der Waals surface area (Å²) in [6.07, 6.45) is -1.21. The third-order valence-corrected chi connectivity index (χ3v) is 4.78. The van der Waals surface area contributed by atoms with Gasteiger partial charge in [-0.1, -0.05) is 12.1 Å². The highest BCUT2D eigenvalue weighted by Gasteiger charge is 2.28. The minimum absolute atomic E-state index is 0.0209. The van der Waals surface area contributed by atoms with Crippen LogP contribution in [0.3, 0.4) is 0 Å². The van der Waals surface area contributed by atoms with Crippen LogP contribution < -0.4 is 20.9 Å². The molecule has 4 N–H and O–H groups in total. The predicted molar refractivity (Wildman–Crippen MR) is 128 cm³/mol. The van der Waals surface area contributed by atoms with Gasteiger partial charge in [0.25, 0.3) is 0 Å². The number of alkyl halides is 3. The van der Waals surface area contributed by atoms with Gasteiger partial charge in [0, 0.05) is 23.9 Å². The molecule has 0 aliphatic carbocycles. The van der Waals surface area contributed by atoms with Crippen molar-refractivity contribution >= 4 is 29.4 Å². The van der Waals surface area contributed by atoms with Gasteiger partial charge in [-0.2, -0.15) is 13.2 Å². The van der Waals surface area contributed by atoms with E-state index in [1.165, 1.54) is 42.5 Å². The monoisotopic (exact) mass is 500 g/mol. The summed E-state index contributed by atoms with van der Waals surface area (Å²) >= 11 is 0. The lowest BCUT2D eigenvalue weighted by Crippen LogP contribution is -2.19. The van der Waals surface area contributed by atoms with Crippen LogP contribution >= 0.6 is 0 Å². The molecule has 0 atom stereocenters. The van der Waals surface area contributed by atoms with Crippen molar-refractivity contribution in [1.82, 2.24) is 0 Å². The predicted octanol–water partition coefficient (Wildman–Crippen LogP) is 4.81. The highest BCUT2D eigenvalue weighted by atomic mass is 19.4. The maximum atomic E-state index is 12.3. The van der Waals surface area contributed by atoms with E-state index < -0.39 is 24.7 Å². The fraction of sp³-hybridized carbons (Fsp3) is 0.154. The topological polar surface area (TPSA) is 114 Å².